The second kappa shape index (κ2) is 8.38. The Morgan fingerprint density at radius 3 is 2.24 bits per heavy atom. The van der Waals surface area contributed by atoms with Gasteiger partial charge in [0, 0.05) is 30.9 Å². The third kappa shape index (κ3) is 6.04. The van der Waals surface area contributed by atoms with Crippen molar-refractivity contribution in [1.82, 2.24) is 10.3 Å². The Morgan fingerprint density at radius 2 is 1.76 bits per heavy atom. The van der Waals surface area contributed by atoms with Crippen LogP contribution in [0.5, 0.6) is 0 Å². The molecule has 1 aromatic heterocycles. The predicted molar refractivity (Wildman–Crippen MR) is 92.9 cm³/mol. The molecule has 0 aromatic carbocycles. The third-order valence-electron chi connectivity index (χ3n) is 3.48. The van der Waals surface area contributed by atoms with E-state index < -0.39 is 0 Å². The molecular formula is C18H33N3. The Kier molecular flexibility index (Phi) is 7.16. The van der Waals surface area contributed by atoms with Crippen LogP contribution in [0.15, 0.2) is 12.1 Å². The Hall–Kier alpha value is -1.09. The highest BCUT2D eigenvalue weighted by atomic mass is 15.2. The Balaban J connectivity index is 3.05. The predicted octanol–water partition coefficient (Wildman–Crippen LogP) is 4.01. The molecule has 0 aliphatic rings. The van der Waals surface area contributed by atoms with E-state index in [2.05, 4.69) is 70.8 Å². The van der Waals surface area contributed by atoms with Gasteiger partial charge in [0.2, 0.25) is 0 Å². The molecule has 1 rings (SSSR count). The number of hydrogen-bond donors (Lipinski definition) is 1. The van der Waals surface area contributed by atoms with Crippen molar-refractivity contribution in [2.24, 2.45) is 5.92 Å². The summed E-state index contributed by atoms with van der Waals surface area (Å²) in [5.41, 5.74) is 2.52. The largest absolute Gasteiger partial charge is 0.354 e. The molecule has 120 valence electrons. The first kappa shape index (κ1) is 18.0. The summed E-state index contributed by atoms with van der Waals surface area (Å²) in [6.07, 6.45) is 0.982. The molecule has 0 unspecified atom stereocenters. The number of nitrogens with zero attached hydrogens (tertiary/aromatic N) is 2. The Bertz CT molecular complexity index is 424. The minimum absolute atomic E-state index is 0.470. The van der Waals surface area contributed by atoms with E-state index in [-0.39, 0.29) is 0 Å². The van der Waals surface area contributed by atoms with Gasteiger partial charge in [-0.2, -0.15) is 0 Å². The molecule has 3 heteroatoms. The zero-order valence-corrected chi connectivity index (χ0v) is 14.9. The molecule has 1 heterocycles. The van der Waals surface area contributed by atoms with Crippen molar-refractivity contribution in [3.63, 3.8) is 0 Å². The molecule has 0 aliphatic carbocycles. The summed E-state index contributed by atoms with van der Waals surface area (Å²) in [5, 5.41) is 3.50. The van der Waals surface area contributed by atoms with Gasteiger partial charge in [0.1, 0.15) is 5.82 Å². The Labute approximate surface area is 131 Å². The number of aryl methyl sites for hydroxylation is 1. The summed E-state index contributed by atoms with van der Waals surface area (Å²) >= 11 is 0. The second-order valence-electron chi connectivity index (χ2n) is 6.85. The highest BCUT2D eigenvalue weighted by molar-refractivity contribution is 5.43. The lowest BCUT2D eigenvalue weighted by molar-refractivity contribution is 0.563. The SMILES string of the molecule is CCc1cc(CNC(C)C)cc(N(CC(C)C)C(C)C)n1. The van der Waals surface area contributed by atoms with Crippen molar-refractivity contribution in [3.05, 3.63) is 23.4 Å². The highest BCUT2D eigenvalue weighted by Gasteiger charge is 2.15. The van der Waals surface area contributed by atoms with Crippen LogP contribution in [0.2, 0.25) is 0 Å². The van der Waals surface area contributed by atoms with Crippen molar-refractivity contribution in [3.8, 4) is 0 Å². The molecule has 0 saturated heterocycles. The van der Waals surface area contributed by atoms with Crippen molar-refractivity contribution in [2.75, 3.05) is 11.4 Å². The number of nitrogens with one attached hydrogen (secondary N) is 1. The van der Waals surface area contributed by atoms with Crippen LogP contribution in [0.4, 0.5) is 5.82 Å². The smallest absolute Gasteiger partial charge is 0.129 e. The summed E-state index contributed by atoms with van der Waals surface area (Å²) in [5.74, 6) is 1.76. The number of pyridine rings is 1. The van der Waals surface area contributed by atoms with E-state index in [0.29, 0.717) is 18.0 Å². The molecule has 0 bridgehead atoms. The third-order valence-corrected chi connectivity index (χ3v) is 3.48. The zero-order chi connectivity index (χ0) is 16.0. The van der Waals surface area contributed by atoms with Crippen LogP contribution < -0.4 is 10.2 Å². The van der Waals surface area contributed by atoms with Gasteiger partial charge in [-0.05, 0) is 43.9 Å². The van der Waals surface area contributed by atoms with Gasteiger partial charge in [0.15, 0.2) is 0 Å². The van der Waals surface area contributed by atoms with E-state index in [0.717, 1.165) is 25.3 Å². The fourth-order valence-electron chi connectivity index (χ4n) is 2.35. The lowest BCUT2D eigenvalue weighted by atomic mass is 10.1. The number of rotatable bonds is 8. The van der Waals surface area contributed by atoms with Gasteiger partial charge >= 0.3 is 0 Å². The monoisotopic (exact) mass is 291 g/mol. The molecule has 3 nitrogen and oxygen atoms in total. The van der Waals surface area contributed by atoms with Crippen molar-refractivity contribution in [2.45, 2.75) is 73.5 Å². The van der Waals surface area contributed by atoms with Crippen molar-refractivity contribution < 1.29 is 0 Å². The van der Waals surface area contributed by atoms with E-state index in [4.69, 9.17) is 4.98 Å². The number of hydrogen-bond acceptors (Lipinski definition) is 3. The first-order valence-corrected chi connectivity index (χ1v) is 8.33. The molecule has 0 fully saturated rings. The highest BCUT2D eigenvalue weighted by Crippen LogP contribution is 2.20. The number of aromatic nitrogens is 1. The lowest BCUT2D eigenvalue weighted by Crippen LogP contribution is -2.35. The molecule has 1 N–H and O–H groups in total. The van der Waals surface area contributed by atoms with Gasteiger partial charge in [-0.15, -0.1) is 0 Å². The van der Waals surface area contributed by atoms with Gasteiger partial charge < -0.3 is 10.2 Å². The van der Waals surface area contributed by atoms with E-state index >= 15 is 0 Å². The maximum atomic E-state index is 4.85. The maximum absolute atomic E-state index is 4.85. The first-order valence-electron chi connectivity index (χ1n) is 8.33. The summed E-state index contributed by atoms with van der Waals surface area (Å²) in [4.78, 5) is 7.27. The van der Waals surface area contributed by atoms with Gasteiger partial charge in [-0.3, -0.25) is 0 Å². The molecular weight excluding hydrogens is 258 g/mol. The van der Waals surface area contributed by atoms with Crippen LogP contribution in [0.3, 0.4) is 0 Å². The van der Waals surface area contributed by atoms with E-state index in [1.165, 1.54) is 11.3 Å². The average molecular weight is 291 g/mol. The van der Waals surface area contributed by atoms with E-state index in [1.807, 2.05) is 0 Å². The topological polar surface area (TPSA) is 28.2 Å². The van der Waals surface area contributed by atoms with Gasteiger partial charge in [-0.1, -0.05) is 34.6 Å². The Morgan fingerprint density at radius 1 is 1.10 bits per heavy atom. The van der Waals surface area contributed by atoms with Crippen LogP contribution in [-0.4, -0.2) is 23.6 Å². The standard InChI is InChI=1S/C18H33N3/c1-8-17-9-16(11-19-14(4)5)10-18(20-17)21(15(6)7)12-13(2)3/h9-10,13-15,19H,8,11-12H2,1-7H3. The minimum Gasteiger partial charge on any atom is -0.354 e. The lowest BCUT2D eigenvalue weighted by Gasteiger charge is -2.30. The van der Waals surface area contributed by atoms with Crippen LogP contribution in [0.1, 0.15) is 59.7 Å². The fraction of sp³-hybridized carbons (Fsp3) is 0.722. The van der Waals surface area contributed by atoms with E-state index in [9.17, 15) is 0 Å². The van der Waals surface area contributed by atoms with Gasteiger partial charge in [0.05, 0.1) is 0 Å². The molecule has 0 amide bonds. The molecule has 0 radical (unpaired) electrons. The maximum Gasteiger partial charge on any atom is 0.129 e. The molecule has 0 aliphatic heterocycles. The summed E-state index contributed by atoms with van der Waals surface area (Å²) in [6, 6.07) is 5.45. The molecule has 21 heavy (non-hydrogen) atoms. The van der Waals surface area contributed by atoms with Gasteiger partial charge in [0.25, 0.3) is 0 Å². The van der Waals surface area contributed by atoms with Gasteiger partial charge in [-0.25, -0.2) is 4.98 Å². The summed E-state index contributed by atoms with van der Waals surface area (Å²) in [7, 11) is 0. The normalized spacial score (nSPS) is 11.7. The molecule has 0 atom stereocenters. The van der Waals surface area contributed by atoms with Crippen molar-refractivity contribution in [1.29, 1.82) is 0 Å². The van der Waals surface area contributed by atoms with Crippen LogP contribution in [-0.2, 0) is 13.0 Å². The van der Waals surface area contributed by atoms with Crippen molar-refractivity contribution >= 4 is 5.82 Å². The molecule has 0 saturated carbocycles. The second-order valence-corrected chi connectivity index (χ2v) is 6.85. The fourth-order valence-corrected chi connectivity index (χ4v) is 2.35. The molecule has 0 spiro atoms. The quantitative estimate of drug-likeness (QED) is 0.784. The van der Waals surface area contributed by atoms with Crippen LogP contribution in [0.25, 0.3) is 0 Å². The molecule has 1 aromatic rings. The minimum atomic E-state index is 0.470. The zero-order valence-electron chi connectivity index (χ0n) is 14.9. The van der Waals surface area contributed by atoms with E-state index in [1.54, 1.807) is 0 Å². The summed E-state index contributed by atoms with van der Waals surface area (Å²) in [6.45, 7) is 17.5. The number of anilines is 1. The summed E-state index contributed by atoms with van der Waals surface area (Å²) < 4.78 is 0. The average Bonchev–Trinajstić information content (AvgIpc) is 2.41. The van der Waals surface area contributed by atoms with Crippen LogP contribution in [0, 0.1) is 5.92 Å². The first-order chi connectivity index (χ1) is 9.83. The van der Waals surface area contributed by atoms with Crippen LogP contribution >= 0.6 is 0 Å².